The molecule has 1 saturated carbocycles. The number of allylic oxidation sites excluding steroid dienone is 1. The molecule has 2 unspecified atom stereocenters. The lowest BCUT2D eigenvalue weighted by atomic mass is 10.1. The Morgan fingerprint density at radius 2 is 2.33 bits per heavy atom. The van der Waals surface area contributed by atoms with E-state index in [0.717, 1.165) is 12.8 Å². The highest BCUT2D eigenvalue weighted by molar-refractivity contribution is 4.95. The van der Waals surface area contributed by atoms with Gasteiger partial charge in [0, 0.05) is 5.92 Å². The molecule has 0 aromatic carbocycles. The highest BCUT2D eigenvalue weighted by Gasteiger charge is 2.21. The molecule has 0 spiro atoms. The Hall–Kier alpha value is -0.770. The van der Waals surface area contributed by atoms with Crippen LogP contribution in [0.3, 0.4) is 0 Å². The van der Waals surface area contributed by atoms with Crippen LogP contribution in [0, 0.1) is 23.2 Å². The minimum atomic E-state index is 0.313. The van der Waals surface area contributed by atoms with Gasteiger partial charge >= 0.3 is 0 Å². The van der Waals surface area contributed by atoms with Crippen LogP contribution >= 0.6 is 0 Å². The van der Waals surface area contributed by atoms with Crippen LogP contribution in [0.15, 0.2) is 12.7 Å². The quantitative estimate of drug-likeness (QED) is 0.487. The van der Waals surface area contributed by atoms with Crippen molar-refractivity contribution in [1.82, 2.24) is 0 Å². The third kappa shape index (κ3) is 1.32. The fourth-order valence-corrected chi connectivity index (χ4v) is 1.35. The first-order valence-corrected chi connectivity index (χ1v) is 3.39. The van der Waals surface area contributed by atoms with Gasteiger partial charge in [0.15, 0.2) is 0 Å². The molecular weight excluding hydrogens is 110 g/mol. The Kier molecular flexibility index (Phi) is 1.89. The van der Waals surface area contributed by atoms with Crippen LogP contribution in [-0.2, 0) is 0 Å². The fraction of sp³-hybridized carbons (Fsp3) is 0.625. The van der Waals surface area contributed by atoms with E-state index in [1.165, 1.54) is 6.42 Å². The first-order valence-electron chi connectivity index (χ1n) is 3.39. The minimum absolute atomic E-state index is 0.313. The molecule has 0 aliphatic heterocycles. The van der Waals surface area contributed by atoms with Crippen molar-refractivity contribution in [2.24, 2.45) is 11.8 Å². The average molecular weight is 121 g/mol. The Labute approximate surface area is 56.0 Å². The molecule has 0 amide bonds. The van der Waals surface area contributed by atoms with Gasteiger partial charge in [0.2, 0.25) is 0 Å². The van der Waals surface area contributed by atoms with Gasteiger partial charge in [-0.3, -0.25) is 0 Å². The first kappa shape index (κ1) is 6.35. The van der Waals surface area contributed by atoms with Gasteiger partial charge < -0.3 is 0 Å². The van der Waals surface area contributed by atoms with Crippen LogP contribution in [-0.4, -0.2) is 0 Å². The number of hydrogen-bond acceptors (Lipinski definition) is 1. The van der Waals surface area contributed by atoms with E-state index < -0.39 is 0 Å². The zero-order valence-corrected chi connectivity index (χ0v) is 5.51. The van der Waals surface area contributed by atoms with Crippen molar-refractivity contribution in [2.45, 2.75) is 19.3 Å². The maximum absolute atomic E-state index is 8.50. The lowest BCUT2D eigenvalue weighted by Crippen LogP contribution is -1.89. The fourth-order valence-electron chi connectivity index (χ4n) is 1.35. The lowest BCUT2D eigenvalue weighted by molar-refractivity contribution is 0.649. The monoisotopic (exact) mass is 121 g/mol. The Morgan fingerprint density at radius 3 is 2.67 bits per heavy atom. The van der Waals surface area contributed by atoms with Crippen LogP contribution in [0.25, 0.3) is 0 Å². The van der Waals surface area contributed by atoms with E-state index in [-0.39, 0.29) is 0 Å². The second-order valence-electron chi connectivity index (χ2n) is 2.63. The number of hydrogen-bond donors (Lipinski definition) is 0. The van der Waals surface area contributed by atoms with Crippen LogP contribution in [0.4, 0.5) is 0 Å². The van der Waals surface area contributed by atoms with Gasteiger partial charge in [0.1, 0.15) is 0 Å². The second kappa shape index (κ2) is 2.68. The van der Waals surface area contributed by atoms with Crippen molar-refractivity contribution < 1.29 is 0 Å². The molecule has 1 aliphatic rings. The summed E-state index contributed by atoms with van der Waals surface area (Å²) in [5.74, 6) is 0.933. The smallest absolute Gasteiger partial charge is 0.0656 e. The molecule has 0 aromatic rings. The Morgan fingerprint density at radius 1 is 1.56 bits per heavy atom. The van der Waals surface area contributed by atoms with E-state index in [9.17, 15) is 0 Å². The molecule has 1 nitrogen and oxygen atoms in total. The van der Waals surface area contributed by atoms with Gasteiger partial charge in [0.25, 0.3) is 0 Å². The molecule has 1 heteroatoms. The maximum Gasteiger partial charge on any atom is 0.0656 e. The van der Waals surface area contributed by atoms with Gasteiger partial charge in [-0.1, -0.05) is 6.08 Å². The molecule has 0 radical (unpaired) electrons. The largest absolute Gasteiger partial charge is 0.198 e. The normalized spacial score (nSPS) is 33.7. The van der Waals surface area contributed by atoms with E-state index in [4.69, 9.17) is 5.26 Å². The molecule has 0 bridgehead atoms. The molecule has 48 valence electrons. The van der Waals surface area contributed by atoms with Gasteiger partial charge in [-0.25, -0.2) is 0 Å². The summed E-state index contributed by atoms with van der Waals surface area (Å²) in [6, 6.07) is 2.28. The molecule has 1 rings (SSSR count). The van der Waals surface area contributed by atoms with Crippen LogP contribution in [0.5, 0.6) is 0 Å². The summed E-state index contributed by atoms with van der Waals surface area (Å²) < 4.78 is 0. The number of nitrogens with zero attached hydrogens (tertiary/aromatic N) is 1. The summed E-state index contributed by atoms with van der Waals surface area (Å²) in [6.07, 6.45) is 5.26. The number of nitriles is 1. The summed E-state index contributed by atoms with van der Waals surface area (Å²) >= 11 is 0. The van der Waals surface area contributed by atoms with Crippen LogP contribution < -0.4 is 0 Å². The Bertz CT molecular complexity index is 143. The van der Waals surface area contributed by atoms with Gasteiger partial charge in [-0.15, -0.1) is 6.58 Å². The molecule has 9 heavy (non-hydrogen) atoms. The summed E-state index contributed by atoms with van der Waals surface area (Å²) in [6.45, 7) is 3.70. The zero-order valence-electron chi connectivity index (χ0n) is 5.51. The minimum Gasteiger partial charge on any atom is -0.198 e. The predicted octanol–water partition coefficient (Wildman–Crippen LogP) is 2.11. The highest BCUT2D eigenvalue weighted by atomic mass is 14.3. The summed E-state index contributed by atoms with van der Waals surface area (Å²) in [7, 11) is 0. The molecule has 1 fully saturated rings. The molecule has 1 aliphatic carbocycles. The maximum atomic E-state index is 8.50. The number of rotatable bonds is 1. The molecule has 0 heterocycles. The lowest BCUT2D eigenvalue weighted by Gasteiger charge is -1.96. The zero-order chi connectivity index (χ0) is 6.69. The van der Waals surface area contributed by atoms with E-state index in [2.05, 4.69) is 12.6 Å². The van der Waals surface area contributed by atoms with Crippen molar-refractivity contribution in [1.29, 1.82) is 5.26 Å². The first-order chi connectivity index (χ1) is 4.36. The van der Waals surface area contributed by atoms with Crippen LogP contribution in [0.1, 0.15) is 19.3 Å². The standard InChI is InChI=1S/C8H11N/c1-2-7-3-4-8(5-7)6-9/h2,7-8H,1,3-5H2. The van der Waals surface area contributed by atoms with E-state index in [0.29, 0.717) is 11.8 Å². The highest BCUT2D eigenvalue weighted by Crippen LogP contribution is 2.30. The third-order valence-electron chi connectivity index (χ3n) is 1.99. The van der Waals surface area contributed by atoms with Gasteiger partial charge in [-0.05, 0) is 25.2 Å². The summed E-state index contributed by atoms with van der Waals surface area (Å²) in [5, 5.41) is 8.50. The SMILES string of the molecule is C=CC1CCC(C#N)C1. The summed E-state index contributed by atoms with van der Waals surface area (Å²) in [4.78, 5) is 0. The van der Waals surface area contributed by atoms with E-state index >= 15 is 0 Å². The predicted molar refractivity (Wildman–Crippen MR) is 36.6 cm³/mol. The molecular formula is C8H11N. The third-order valence-corrected chi connectivity index (χ3v) is 1.99. The molecule has 0 N–H and O–H groups in total. The van der Waals surface area contributed by atoms with Gasteiger partial charge in [-0.2, -0.15) is 5.26 Å². The van der Waals surface area contributed by atoms with E-state index in [1.54, 1.807) is 0 Å². The van der Waals surface area contributed by atoms with Gasteiger partial charge in [0.05, 0.1) is 6.07 Å². The van der Waals surface area contributed by atoms with Crippen molar-refractivity contribution in [3.8, 4) is 6.07 Å². The Balaban J connectivity index is 2.39. The van der Waals surface area contributed by atoms with Crippen LogP contribution in [0.2, 0.25) is 0 Å². The summed E-state index contributed by atoms with van der Waals surface area (Å²) in [5.41, 5.74) is 0. The van der Waals surface area contributed by atoms with Crippen molar-refractivity contribution in [2.75, 3.05) is 0 Å². The topological polar surface area (TPSA) is 23.8 Å². The second-order valence-corrected chi connectivity index (χ2v) is 2.63. The van der Waals surface area contributed by atoms with Crippen molar-refractivity contribution in [3.05, 3.63) is 12.7 Å². The molecule has 2 atom stereocenters. The average Bonchev–Trinajstić information content (AvgIpc) is 2.34. The molecule has 0 aromatic heterocycles. The van der Waals surface area contributed by atoms with Crippen molar-refractivity contribution >= 4 is 0 Å². The molecule has 0 saturated heterocycles. The van der Waals surface area contributed by atoms with Crippen molar-refractivity contribution in [3.63, 3.8) is 0 Å². The van der Waals surface area contributed by atoms with E-state index in [1.807, 2.05) is 6.08 Å².